The zero-order chi connectivity index (χ0) is 22.5. The number of nitrogens with one attached hydrogen (secondary N) is 2. The molecule has 2 aromatic carbocycles. The fourth-order valence-corrected chi connectivity index (χ4v) is 3.39. The largest absolute Gasteiger partial charge is 0.322 e. The van der Waals surface area contributed by atoms with Crippen LogP contribution in [0, 0.1) is 0 Å². The van der Waals surface area contributed by atoms with Crippen molar-refractivity contribution in [3.63, 3.8) is 0 Å². The Kier molecular flexibility index (Phi) is 5.54. The first-order valence-corrected chi connectivity index (χ1v) is 10.3. The number of para-hydroxylation sites is 1. The fourth-order valence-electron chi connectivity index (χ4n) is 3.39. The Morgan fingerprint density at radius 1 is 1.00 bits per heavy atom. The van der Waals surface area contributed by atoms with E-state index in [0.717, 1.165) is 28.1 Å². The molecule has 0 fully saturated rings. The molecule has 5 rings (SSSR count). The number of rotatable bonds is 6. The first-order valence-electron chi connectivity index (χ1n) is 10.3. The Hall–Kier alpha value is -4.85. The average molecular weight is 433 g/mol. The summed E-state index contributed by atoms with van der Waals surface area (Å²) >= 11 is 0. The third-order valence-electron chi connectivity index (χ3n) is 4.93. The number of aromatic nitrogens is 6. The molecule has 0 saturated heterocycles. The van der Waals surface area contributed by atoms with Gasteiger partial charge in [0, 0.05) is 47.0 Å². The number of H-pyrrole nitrogens is 1. The lowest BCUT2D eigenvalue weighted by atomic mass is 10.1. The molecule has 0 aliphatic carbocycles. The Morgan fingerprint density at radius 2 is 1.88 bits per heavy atom. The van der Waals surface area contributed by atoms with Gasteiger partial charge in [0.2, 0.25) is 5.91 Å². The molecule has 160 valence electrons. The average Bonchev–Trinajstić information content (AvgIpc) is 3.55. The van der Waals surface area contributed by atoms with Crippen molar-refractivity contribution in [2.45, 2.75) is 0 Å². The standard InChI is InChI=1S/C25H19N7O/c33-23(29-21-8-4-6-18(14-21)25-27-17-28-30-25)12-11-20-16-32(22-9-2-1-3-10-22)31-24(20)19-7-5-13-26-15-19/h1-17H,(H,29,33)(H,27,28,30). The summed E-state index contributed by atoms with van der Waals surface area (Å²) in [5, 5.41) is 14.3. The van der Waals surface area contributed by atoms with Gasteiger partial charge in [-0.05, 0) is 42.5 Å². The van der Waals surface area contributed by atoms with Crippen molar-refractivity contribution in [3.05, 3.63) is 103 Å². The van der Waals surface area contributed by atoms with Crippen LogP contribution in [0.5, 0.6) is 0 Å². The minimum Gasteiger partial charge on any atom is -0.322 e. The number of nitrogens with zero attached hydrogens (tertiary/aromatic N) is 5. The van der Waals surface area contributed by atoms with E-state index in [1.807, 2.05) is 72.9 Å². The van der Waals surface area contributed by atoms with E-state index in [4.69, 9.17) is 5.10 Å². The quantitative estimate of drug-likeness (QED) is 0.387. The molecular weight excluding hydrogens is 414 g/mol. The predicted octanol–water partition coefficient (Wildman–Crippen LogP) is 4.37. The lowest BCUT2D eigenvalue weighted by molar-refractivity contribution is -0.111. The molecule has 0 bridgehead atoms. The molecule has 3 heterocycles. The topological polar surface area (TPSA) is 101 Å². The summed E-state index contributed by atoms with van der Waals surface area (Å²) < 4.78 is 1.79. The molecule has 0 aliphatic heterocycles. The molecule has 0 atom stereocenters. The van der Waals surface area contributed by atoms with Crippen molar-refractivity contribution < 1.29 is 4.79 Å². The Morgan fingerprint density at radius 3 is 2.67 bits per heavy atom. The maximum absolute atomic E-state index is 12.6. The van der Waals surface area contributed by atoms with Crippen LogP contribution in [0.25, 0.3) is 34.4 Å². The van der Waals surface area contributed by atoms with Crippen LogP contribution in [-0.4, -0.2) is 35.9 Å². The van der Waals surface area contributed by atoms with Gasteiger partial charge in [0.25, 0.3) is 0 Å². The first-order chi connectivity index (χ1) is 16.3. The van der Waals surface area contributed by atoms with E-state index in [-0.39, 0.29) is 5.91 Å². The van der Waals surface area contributed by atoms with Crippen molar-refractivity contribution >= 4 is 17.7 Å². The number of carbonyl (C=O) groups excluding carboxylic acids is 1. The molecule has 1 amide bonds. The summed E-state index contributed by atoms with van der Waals surface area (Å²) in [6, 6.07) is 21.0. The van der Waals surface area contributed by atoms with Crippen LogP contribution in [0.15, 0.2) is 97.7 Å². The van der Waals surface area contributed by atoms with Gasteiger partial charge in [-0.1, -0.05) is 30.3 Å². The number of amides is 1. The number of hydrogen-bond donors (Lipinski definition) is 2. The van der Waals surface area contributed by atoms with E-state index in [0.29, 0.717) is 11.5 Å². The van der Waals surface area contributed by atoms with Gasteiger partial charge in [-0.3, -0.25) is 14.9 Å². The monoisotopic (exact) mass is 433 g/mol. The molecule has 8 heteroatoms. The third-order valence-corrected chi connectivity index (χ3v) is 4.93. The first kappa shape index (κ1) is 20.1. The van der Waals surface area contributed by atoms with Gasteiger partial charge in [0.05, 0.1) is 5.69 Å². The molecule has 2 N–H and O–H groups in total. The van der Waals surface area contributed by atoms with Gasteiger partial charge in [0.15, 0.2) is 5.82 Å². The van der Waals surface area contributed by atoms with Gasteiger partial charge >= 0.3 is 0 Å². The lowest BCUT2D eigenvalue weighted by Crippen LogP contribution is -2.07. The van der Waals surface area contributed by atoms with Gasteiger partial charge in [0.1, 0.15) is 12.0 Å². The van der Waals surface area contributed by atoms with Crippen LogP contribution in [0.1, 0.15) is 5.56 Å². The zero-order valence-electron chi connectivity index (χ0n) is 17.5. The van der Waals surface area contributed by atoms with Crippen LogP contribution in [0.2, 0.25) is 0 Å². The Bertz CT molecular complexity index is 1390. The highest BCUT2D eigenvalue weighted by atomic mass is 16.1. The predicted molar refractivity (Wildman–Crippen MR) is 126 cm³/mol. The van der Waals surface area contributed by atoms with Crippen LogP contribution in [-0.2, 0) is 4.79 Å². The normalized spacial score (nSPS) is 11.0. The van der Waals surface area contributed by atoms with Crippen molar-refractivity contribution in [2.24, 2.45) is 0 Å². The summed E-state index contributed by atoms with van der Waals surface area (Å²) in [5.41, 5.74) is 4.83. The summed E-state index contributed by atoms with van der Waals surface area (Å²) in [7, 11) is 0. The van der Waals surface area contributed by atoms with Gasteiger partial charge in [-0.15, -0.1) is 0 Å². The van der Waals surface area contributed by atoms with E-state index in [1.165, 1.54) is 12.4 Å². The van der Waals surface area contributed by atoms with E-state index in [1.54, 1.807) is 23.2 Å². The van der Waals surface area contributed by atoms with E-state index < -0.39 is 0 Å². The van der Waals surface area contributed by atoms with Gasteiger partial charge < -0.3 is 5.32 Å². The Labute approximate surface area is 189 Å². The van der Waals surface area contributed by atoms with Crippen molar-refractivity contribution in [1.29, 1.82) is 0 Å². The van der Waals surface area contributed by atoms with Crippen LogP contribution in [0.4, 0.5) is 5.69 Å². The van der Waals surface area contributed by atoms with Crippen molar-refractivity contribution in [2.75, 3.05) is 5.32 Å². The molecule has 0 radical (unpaired) electrons. The maximum Gasteiger partial charge on any atom is 0.248 e. The summed E-state index contributed by atoms with van der Waals surface area (Å²) in [6.45, 7) is 0. The van der Waals surface area contributed by atoms with E-state index in [2.05, 4.69) is 25.5 Å². The van der Waals surface area contributed by atoms with E-state index >= 15 is 0 Å². The lowest BCUT2D eigenvalue weighted by Gasteiger charge is -2.04. The highest BCUT2D eigenvalue weighted by molar-refractivity contribution is 6.02. The molecule has 0 saturated carbocycles. The fraction of sp³-hybridized carbons (Fsp3) is 0. The van der Waals surface area contributed by atoms with Crippen LogP contribution in [0.3, 0.4) is 0 Å². The maximum atomic E-state index is 12.6. The molecule has 0 spiro atoms. The van der Waals surface area contributed by atoms with Gasteiger partial charge in [-0.2, -0.15) is 10.2 Å². The van der Waals surface area contributed by atoms with Crippen LogP contribution < -0.4 is 5.32 Å². The zero-order valence-corrected chi connectivity index (χ0v) is 17.5. The minimum atomic E-state index is -0.255. The highest BCUT2D eigenvalue weighted by Gasteiger charge is 2.11. The van der Waals surface area contributed by atoms with Crippen LogP contribution >= 0.6 is 0 Å². The number of aromatic amines is 1. The molecule has 0 aliphatic rings. The highest BCUT2D eigenvalue weighted by Crippen LogP contribution is 2.24. The second-order valence-electron chi connectivity index (χ2n) is 7.19. The number of hydrogen-bond acceptors (Lipinski definition) is 5. The minimum absolute atomic E-state index is 0.255. The number of carbonyl (C=O) groups is 1. The van der Waals surface area contributed by atoms with Gasteiger partial charge in [-0.25, -0.2) is 9.67 Å². The Balaban J connectivity index is 1.40. The molecule has 33 heavy (non-hydrogen) atoms. The molecule has 8 nitrogen and oxygen atoms in total. The summed E-state index contributed by atoms with van der Waals surface area (Å²) in [4.78, 5) is 21.0. The molecule has 5 aromatic rings. The molecule has 0 unspecified atom stereocenters. The number of anilines is 1. The second-order valence-corrected chi connectivity index (χ2v) is 7.19. The summed E-state index contributed by atoms with van der Waals surface area (Å²) in [6.07, 6.45) is 10.1. The molecule has 3 aromatic heterocycles. The second kappa shape index (κ2) is 9.11. The third kappa shape index (κ3) is 4.59. The van der Waals surface area contributed by atoms with Crippen molar-refractivity contribution in [1.82, 2.24) is 29.9 Å². The van der Waals surface area contributed by atoms with Crippen molar-refractivity contribution in [3.8, 4) is 28.3 Å². The number of benzene rings is 2. The summed E-state index contributed by atoms with van der Waals surface area (Å²) in [5.74, 6) is 0.380. The molecular formula is C25H19N7O. The SMILES string of the molecule is O=C(C=Cc1cn(-c2ccccc2)nc1-c1cccnc1)Nc1cccc(-c2ncn[nH]2)c1. The van der Waals surface area contributed by atoms with E-state index in [9.17, 15) is 4.79 Å². The number of pyridine rings is 1. The smallest absolute Gasteiger partial charge is 0.248 e.